The van der Waals surface area contributed by atoms with E-state index in [0.717, 1.165) is 20.8 Å². The molecular weight excluding hydrogens is 499 g/mol. The predicted molar refractivity (Wildman–Crippen MR) is 82.3 cm³/mol. The number of aliphatic hydroxyl groups is 3. The minimum absolute atomic E-state index is 0. The van der Waals surface area contributed by atoms with Crippen LogP contribution in [0.15, 0.2) is 35.5 Å². The van der Waals surface area contributed by atoms with Crippen LogP contribution < -0.4 is 0 Å². The number of carbonyl (C=O) groups excluding carboxylic acids is 3. The molecule has 0 aromatic rings. The van der Waals surface area contributed by atoms with E-state index >= 15 is 0 Å². The van der Waals surface area contributed by atoms with Gasteiger partial charge in [-0.05, 0) is 20.8 Å². The molecule has 0 rings (SSSR count). The summed E-state index contributed by atoms with van der Waals surface area (Å²) in [5.74, 6) is -8.10. The molecule has 0 aromatic heterocycles. The predicted octanol–water partition coefficient (Wildman–Crippen LogP) is 4.74. The summed E-state index contributed by atoms with van der Waals surface area (Å²) in [6.45, 7) is 2.83. The van der Waals surface area contributed by atoms with E-state index in [1.165, 1.54) is 0 Å². The first-order valence-electron chi connectivity index (χ1n) is 6.97. The number of ketones is 3. The topological polar surface area (TPSA) is 112 Å². The molecule has 0 aromatic carbocycles. The van der Waals surface area contributed by atoms with Gasteiger partial charge >= 0.3 is 18.5 Å². The summed E-state index contributed by atoms with van der Waals surface area (Å²) in [5, 5.41) is 24.4. The Kier molecular flexibility index (Phi) is 16.8. The zero-order chi connectivity index (χ0) is 25.1. The summed E-state index contributed by atoms with van der Waals surface area (Å²) >= 11 is 0. The molecule has 0 radical (unpaired) electrons. The third-order valence-electron chi connectivity index (χ3n) is 1.88. The Labute approximate surface area is 179 Å². The minimum Gasteiger partial charge on any atom is -0.512 e. The van der Waals surface area contributed by atoms with E-state index in [1.807, 2.05) is 0 Å². The van der Waals surface area contributed by atoms with Crippen LogP contribution in [0.1, 0.15) is 20.8 Å². The number of aliphatic hydroxyl groups excluding tert-OH is 3. The Morgan fingerprint density at radius 2 is 0.839 bits per heavy atom. The van der Waals surface area contributed by atoms with Crippen molar-refractivity contribution in [2.45, 2.75) is 39.3 Å². The number of rotatable bonds is 3. The molecule has 0 aliphatic carbocycles. The summed E-state index contributed by atoms with van der Waals surface area (Å²) in [4.78, 5) is 29.8. The number of hydrogen-bond acceptors (Lipinski definition) is 6. The molecule has 0 aliphatic heterocycles. The maximum atomic E-state index is 11.3. The quantitative estimate of drug-likeness (QED) is 0.285. The molecule has 16 heteroatoms. The average Bonchev–Trinajstić information content (AvgIpc) is 2.43. The van der Waals surface area contributed by atoms with Crippen LogP contribution in [-0.4, -0.2) is 51.2 Å². The van der Waals surface area contributed by atoms with Crippen molar-refractivity contribution in [3.05, 3.63) is 35.5 Å². The summed E-state index contributed by atoms with van der Waals surface area (Å²) in [6, 6.07) is 0. The largest absolute Gasteiger partial charge is 0.512 e. The van der Waals surface area contributed by atoms with E-state index < -0.39 is 53.2 Å². The third kappa shape index (κ3) is 23.7. The van der Waals surface area contributed by atoms with Crippen LogP contribution in [0.3, 0.4) is 0 Å². The molecule has 0 fully saturated rings. The molecule has 0 atom stereocenters. The summed E-state index contributed by atoms with van der Waals surface area (Å²) in [7, 11) is 0. The number of allylic oxidation sites excluding steroid dienone is 6. The molecule has 0 heterocycles. The first kappa shape index (κ1) is 35.9. The van der Waals surface area contributed by atoms with Gasteiger partial charge in [0.15, 0.2) is 11.6 Å². The molecular formula is C15H15CrF9O6. The van der Waals surface area contributed by atoms with Crippen LogP contribution in [0.2, 0.25) is 0 Å². The van der Waals surface area contributed by atoms with Crippen molar-refractivity contribution < 1.29 is 86.6 Å². The fourth-order valence-electron chi connectivity index (χ4n) is 0.820. The number of halogens is 9. The molecule has 6 nitrogen and oxygen atoms in total. The standard InChI is InChI=1S/3C5H5F3O2.Cr/c3*1-3(9)2-4(10)5(6,7)8;/h2*2,10H,1H3;2,9H,1H3;/b2*4-2-;3-2-;. The second-order valence-corrected chi connectivity index (χ2v) is 4.92. The molecule has 0 amide bonds. The molecule has 3 N–H and O–H groups in total. The molecule has 180 valence electrons. The van der Waals surface area contributed by atoms with Crippen molar-refractivity contribution in [2.24, 2.45) is 0 Å². The van der Waals surface area contributed by atoms with Crippen molar-refractivity contribution in [3.63, 3.8) is 0 Å². The van der Waals surface area contributed by atoms with Crippen molar-refractivity contribution >= 4 is 17.3 Å². The van der Waals surface area contributed by atoms with Gasteiger partial charge in [-0.3, -0.25) is 14.4 Å². The van der Waals surface area contributed by atoms with Gasteiger partial charge in [0.1, 0.15) is 0 Å². The maximum absolute atomic E-state index is 11.3. The third-order valence-corrected chi connectivity index (χ3v) is 1.88. The van der Waals surface area contributed by atoms with Gasteiger partial charge in [0.25, 0.3) is 5.78 Å². The second-order valence-electron chi connectivity index (χ2n) is 4.92. The van der Waals surface area contributed by atoms with E-state index in [1.54, 1.807) is 0 Å². The van der Waals surface area contributed by atoms with Gasteiger partial charge in [-0.25, -0.2) is 0 Å². The Morgan fingerprint density at radius 3 is 0.903 bits per heavy atom. The summed E-state index contributed by atoms with van der Waals surface area (Å²) in [6.07, 6.45) is -14.1. The van der Waals surface area contributed by atoms with E-state index in [-0.39, 0.29) is 35.6 Å². The summed E-state index contributed by atoms with van der Waals surface area (Å²) in [5.41, 5.74) is 0. The fourth-order valence-corrected chi connectivity index (χ4v) is 0.820. The SMILES string of the molecule is C/C(O)=C/C(=O)C(F)(F)F.CC(=O)/C=C(\O)C(F)(F)F.CC(=O)/C=C(\O)C(F)(F)F.[Cr]. The van der Waals surface area contributed by atoms with Crippen LogP contribution in [0.25, 0.3) is 0 Å². The first-order chi connectivity index (χ1) is 13.0. The van der Waals surface area contributed by atoms with Gasteiger partial charge in [0.05, 0.1) is 5.76 Å². The van der Waals surface area contributed by atoms with E-state index in [2.05, 4.69) is 0 Å². The van der Waals surface area contributed by atoms with Gasteiger partial charge in [-0.1, -0.05) is 0 Å². The Hall–Kier alpha value is -2.47. The molecule has 0 bridgehead atoms. The zero-order valence-electron chi connectivity index (χ0n) is 15.6. The van der Waals surface area contributed by atoms with Gasteiger partial charge in [0.2, 0.25) is 11.5 Å². The Balaban J connectivity index is -0.000000174. The normalized spacial score (nSPS) is 13.0. The molecule has 0 saturated heterocycles. The molecule has 0 unspecified atom stereocenters. The second kappa shape index (κ2) is 14.5. The van der Waals surface area contributed by atoms with E-state index in [0.29, 0.717) is 0 Å². The first-order valence-corrected chi connectivity index (χ1v) is 6.97. The zero-order valence-corrected chi connectivity index (χ0v) is 16.9. The average molecular weight is 514 g/mol. The fraction of sp³-hybridized carbons (Fsp3) is 0.400. The van der Waals surface area contributed by atoms with Crippen molar-refractivity contribution in [1.29, 1.82) is 0 Å². The molecule has 0 aliphatic rings. The minimum atomic E-state index is -4.88. The van der Waals surface area contributed by atoms with E-state index in [4.69, 9.17) is 15.3 Å². The number of alkyl halides is 9. The van der Waals surface area contributed by atoms with Crippen LogP contribution in [0.4, 0.5) is 39.5 Å². The molecule has 31 heavy (non-hydrogen) atoms. The monoisotopic (exact) mass is 514 g/mol. The van der Waals surface area contributed by atoms with Crippen LogP contribution >= 0.6 is 0 Å². The van der Waals surface area contributed by atoms with Crippen LogP contribution in [0.5, 0.6) is 0 Å². The van der Waals surface area contributed by atoms with Crippen molar-refractivity contribution in [3.8, 4) is 0 Å². The van der Waals surface area contributed by atoms with Crippen LogP contribution in [-0.2, 0) is 31.7 Å². The van der Waals surface area contributed by atoms with E-state index in [9.17, 15) is 53.9 Å². The van der Waals surface area contributed by atoms with Gasteiger partial charge in [0, 0.05) is 35.6 Å². The Bertz CT molecular complexity index is 657. The Morgan fingerprint density at radius 1 is 0.581 bits per heavy atom. The van der Waals surface area contributed by atoms with Crippen molar-refractivity contribution in [2.75, 3.05) is 0 Å². The van der Waals surface area contributed by atoms with Gasteiger partial charge in [-0.2, -0.15) is 39.5 Å². The van der Waals surface area contributed by atoms with Gasteiger partial charge < -0.3 is 15.3 Å². The van der Waals surface area contributed by atoms with Gasteiger partial charge in [-0.15, -0.1) is 0 Å². The van der Waals surface area contributed by atoms with Crippen molar-refractivity contribution in [1.82, 2.24) is 0 Å². The molecule has 0 saturated carbocycles. The number of hydrogen-bond donors (Lipinski definition) is 3. The molecule has 0 spiro atoms. The summed E-state index contributed by atoms with van der Waals surface area (Å²) < 4.78 is 102. The smallest absolute Gasteiger partial charge is 0.454 e. The number of carbonyl (C=O) groups is 3. The maximum Gasteiger partial charge on any atom is 0.454 e. The van der Waals surface area contributed by atoms with Crippen LogP contribution in [0, 0.1) is 0 Å².